The summed E-state index contributed by atoms with van der Waals surface area (Å²) in [5.41, 5.74) is 3.86. The van der Waals surface area contributed by atoms with Gasteiger partial charge in [0, 0.05) is 47.4 Å². The molecule has 2 atom stereocenters. The van der Waals surface area contributed by atoms with Gasteiger partial charge in [-0.2, -0.15) is 0 Å². The zero-order valence-electron chi connectivity index (χ0n) is 23.7. The number of likely N-dealkylation sites (tertiary alicyclic amines) is 1. The van der Waals surface area contributed by atoms with Crippen molar-refractivity contribution in [1.82, 2.24) is 9.88 Å². The summed E-state index contributed by atoms with van der Waals surface area (Å²) in [5, 5.41) is 6.25. The summed E-state index contributed by atoms with van der Waals surface area (Å²) in [6, 6.07) is 14.4. The fourth-order valence-corrected chi connectivity index (χ4v) is 6.38. The molecule has 0 radical (unpaired) electrons. The van der Waals surface area contributed by atoms with Crippen LogP contribution in [0.2, 0.25) is 5.02 Å². The summed E-state index contributed by atoms with van der Waals surface area (Å²) in [5.74, 6) is -1.16. The Morgan fingerprint density at radius 2 is 1.95 bits per heavy atom. The van der Waals surface area contributed by atoms with Gasteiger partial charge < -0.3 is 19.7 Å². The van der Waals surface area contributed by atoms with E-state index >= 15 is 0 Å². The first-order valence-corrected chi connectivity index (χ1v) is 14.7. The maximum absolute atomic E-state index is 14.2. The number of fused-ring (bicyclic) bond motifs is 6. The Morgan fingerprint density at radius 3 is 2.79 bits per heavy atom. The van der Waals surface area contributed by atoms with Crippen LogP contribution in [0.4, 0.5) is 16.2 Å². The van der Waals surface area contributed by atoms with Gasteiger partial charge in [-0.25, -0.2) is 4.79 Å². The molecule has 3 aliphatic rings. The smallest absolute Gasteiger partial charge is 0.412 e. The van der Waals surface area contributed by atoms with Crippen LogP contribution >= 0.6 is 11.6 Å². The molecule has 2 bridgehead atoms. The number of rotatable bonds is 3. The molecule has 1 aromatic heterocycles. The molecule has 3 aliphatic heterocycles. The summed E-state index contributed by atoms with van der Waals surface area (Å²) < 4.78 is 10.6. The fourth-order valence-electron chi connectivity index (χ4n) is 6.21. The second-order valence-corrected chi connectivity index (χ2v) is 11.6. The average Bonchev–Trinajstić information content (AvgIpc) is 3.41. The monoisotopic (exact) mass is 602 g/mol. The third-order valence-corrected chi connectivity index (χ3v) is 8.60. The first-order chi connectivity index (χ1) is 20.7. The molecule has 10 nitrogen and oxygen atoms in total. The number of hydrogen-bond acceptors (Lipinski definition) is 7. The highest BCUT2D eigenvalue weighted by Crippen LogP contribution is 2.44. The van der Waals surface area contributed by atoms with Gasteiger partial charge in [-0.3, -0.25) is 24.7 Å². The zero-order chi connectivity index (χ0) is 30.1. The highest BCUT2D eigenvalue weighted by atomic mass is 35.5. The highest BCUT2D eigenvalue weighted by molar-refractivity contribution is 6.30. The van der Waals surface area contributed by atoms with Gasteiger partial charge in [0.2, 0.25) is 11.8 Å². The van der Waals surface area contributed by atoms with Gasteiger partial charge in [0.1, 0.15) is 0 Å². The maximum atomic E-state index is 14.2. The number of ether oxygens (including phenoxy) is 2. The van der Waals surface area contributed by atoms with E-state index in [2.05, 4.69) is 15.6 Å². The standard InChI is InChI=1S/C32H31ClN4O6/c1-42-29(39)15-19-6-8-22-20-10-12-34-26(16-20)23(4-2-3-5-28(38)35-27(22)14-19)30(40)37-13-11-32(18-37)24-17-21(33)7-9-25(24)36-31(41)43-32/h6-10,12,14,16-17,23H,2-5,11,13,15,18H2,1H3,(H,35,38)(H,36,41)/t23-,32+/m1/s1. The summed E-state index contributed by atoms with van der Waals surface area (Å²) >= 11 is 6.30. The largest absolute Gasteiger partial charge is 0.469 e. The van der Waals surface area contributed by atoms with E-state index in [1.165, 1.54) is 7.11 Å². The molecule has 4 heterocycles. The molecule has 3 amide bonds. The van der Waals surface area contributed by atoms with Crippen molar-refractivity contribution in [3.8, 4) is 11.1 Å². The number of methoxy groups -OCH3 is 1. The van der Waals surface area contributed by atoms with Gasteiger partial charge in [0.15, 0.2) is 5.60 Å². The van der Waals surface area contributed by atoms with Crippen LogP contribution in [0.15, 0.2) is 54.7 Å². The quantitative estimate of drug-likeness (QED) is 0.384. The lowest BCUT2D eigenvalue weighted by atomic mass is 9.89. The number of nitrogens with one attached hydrogen (secondary N) is 2. The van der Waals surface area contributed by atoms with E-state index in [9.17, 15) is 19.2 Å². The summed E-state index contributed by atoms with van der Waals surface area (Å²) in [4.78, 5) is 57.8. The van der Waals surface area contributed by atoms with Crippen molar-refractivity contribution in [3.05, 3.63) is 76.6 Å². The third-order valence-electron chi connectivity index (χ3n) is 8.37. The average molecular weight is 603 g/mol. The van der Waals surface area contributed by atoms with E-state index in [0.717, 1.165) is 16.7 Å². The van der Waals surface area contributed by atoms with Crippen LogP contribution in [0.25, 0.3) is 11.1 Å². The number of amides is 3. The number of nitrogens with zero attached hydrogens (tertiary/aromatic N) is 2. The minimum atomic E-state index is -0.988. The van der Waals surface area contributed by atoms with Crippen LogP contribution in [-0.2, 0) is 35.9 Å². The molecule has 11 heteroatoms. The lowest BCUT2D eigenvalue weighted by molar-refractivity contribution is -0.139. The third kappa shape index (κ3) is 5.79. The number of carbonyl (C=O) groups excluding carboxylic acids is 4. The molecule has 0 unspecified atom stereocenters. The normalized spacial score (nSPS) is 21.3. The lowest BCUT2D eigenvalue weighted by Gasteiger charge is -2.35. The van der Waals surface area contributed by atoms with Gasteiger partial charge in [-0.1, -0.05) is 30.2 Å². The van der Waals surface area contributed by atoms with E-state index in [0.29, 0.717) is 59.9 Å². The SMILES string of the molecule is COC(=O)Cc1ccc2c(c1)NC(=O)CCCC[C@@H](C(=O)N1CC[C@@]3(C1)OC(=O)Nc1ccc(Cl)cc13)c1cc-2ccn1. The van der Waals surface area contributed by atoms with Crippen LogP contribution in [0.3, 0.4) is 0 Å². The number of benzene rings is 2. The topological polar surface area (TPSA) is 127 Å². The molecule has 0 saturated carbocycles. The number of anilines is 2. The minimum Gasteiger partial charge on any atom is -0.469 e. The molecular formula is C32H31ClN4O6. The molecule has 0 aliphatic carbocycles. The van der Waals surface area contributed by atoms with Crippen LogP contribution < -0.4 is 10.6 Å². The zero-order valence-corrected chi connectivity index (χ0v) is 24.4. The van der Waals surface area contributed by atoms with Gasteiger partial charge in [0.25, 0.3) is 0 Å². The number of aromatic nitrogens is 1. The first-order valence-electron chi connectivity index (χ1n) is 14.3. The molecule has 1 spiro atoms. The van der Waals surface area contributed by atoms with Gasteiger partial charge in [-0.05, 0) is 60.4 Å². The molecule has 1 fully saturated rings. The first kappa shape index (κ1) is 28.7. The Bertz CT molecular complexity index is 1630. The van der Waals surface area contributed by atoms with Gasteiger partial charge >= 0.3 is 12.1 Å². The number of hydrogen-bond donors (Lipinski definition) is 2. The molecule has 2 aromatic carbocycles. The lowest BCUT2D eigenvalue weighted by Crippen LogP contribution is -2.43. The van der Waals surface area contributed by atoms with Gasteiger partial charge in [0.05, 0.1) is 37.4 Å². The maximum Gasteiger partial charge on any atom is 0.412 e. The predicted octanol–water partition coefficient (Wildman–Crippen LogP) is 5.40. The van der Waals surface area contributed by atoms with Crippen molar-refractivity contribution in [3.63, 3.8) is 0 Å². The van der Waals surface area contributed by atoms with Crippen LogP contribution in [-0.4, -0.2) is 54.0 Å². The molecule has 43 heavy (non-hydrogen) atoms. The number of carbonyl (C=O) groups is 4. The van der Waals surface area contributed by atoms with Crippen molar-refractivity contribution < 1.29 is 28.7 Å². The van der Waals surface area contributed by atoms with Crippen molar-refractivity contribution >= 4 is 46.9 Å². The summed E-state index contributed by atoms with van der Waals surface area (Å²) in [6.45, 7) is 0.611. The number of halogens is 1. The Balaban J connectivity index is 1.32. The molecule has 2 N–H and O–H groups in total. The van der Waals surface area contributed by atoms with Crippen molar-refractivity contribution in [2.24, 2.45) is 0 Å². The van der Waals surface area contributed by atoms with Crippen LogP contribution in [0.5, 0.6) is 0 Å². The van der Waals surface area contributed by atoms with E-state index in [1.54, 1.807) is 35.4 Å². The highest BCUT2D eigenvalue weighted by Gasteiger charge is 2.49. The van der Waals surface area contributed by atoms with Crippen molar-refractivity contribution in [2.45, 2.75) is 50.0 Å². The van der Waals surface area contributed by atoms with Crippen LogP contribution in [0, 0.1) is 0 Å². The molecular weight excluding hydrogens is 572 g/mol. The molecule has 222 valence electrons. The Labute approximate surface area is 253 Å². The van der Waals surface area contributed by atoms with Crippen LogP contribution in [0.1, 0.15) is 54.8 Å². The Kier molecular flexibility index (Phi) is 7.79. The number of esters is 1. The second kappa shape index (κ2) is 11.7. The summed E-state index contributed by atoms with van der Waals surface area (Å²) in [6.07, 6.45) is 3.67. The van der Waals surface area contributed by atoms with E-state index in [4.69, 9.17) is 21.1 Å². The Morgan fingerprint density at radius 1 is 1.09 bits per heavy atom. The molecule has 3 aromatic rings. The van der Waals surface area contributed by atoms with E-state index in [1.807, 2.05) is 24.3 Å². The Hall–Kier alpha value is -4.44. The van der Waals surface area contributed by atoms with E-state index < -0.39 is 17.6 Å². The predicted molar refractivity (Wildman–Crippen MR) is 160 cm³/mol. The number of pyridine rings is 1. The molecule has 6 rings (SSSR count). The fraction of sp³-hybridized carbons (Fsp3) is 0.344. The molecule has 1 saturated heterocycles. The minimum absolute atomic E-state index is 0.0806. The van der Waals surface area contributed by atoms with Crippen molar-refractivity contribution in [2.75, 3.05) is 30.8 Å². The van der Waals surface area contributed by atoms with Gasteiger partial charge in [-0.15, -0.1) is 0 Å². The van der Waals surface area contributed by atoms with E-state index in [-0.39, 0.29) is 37.2 Å². The summed E-state index contributed by atoms with van der Waals surface area (Å²) in [7, 11) is 1.34. The van der Waals surface area contributed by atoms with Crippen molar-refractivity contribution in [1.29, 1.82) is 0 Å². The second-order valence-electron chi connectivity index (χ2n) is 11.2.